The van der Waals surface area contributed by atoms with Crippen LogP contribution in [0.5, 0.6) is 0 Å². The summed E-state index contributed by atoms with van der Waals surface area (Å²) in [6.07, 6.45) is 0. The van der Waals surface area contributed by atoms with Gasteiger partial charge in [0, 0.05) is 21.2 Å². The summed E-state index contributed by atoms with van der Waals surface area (Å²) in [6, 6.07) is 11.7. The molecule has 0 radical (unpaired) electrons. The number of amidine groups is 1. The van der Waals surface area contributed by atoms with Gasteiger partial charge in [-0.15, -0.1) is 11.8 Å². The zero-order chi connectivity index (χ0) is 14.5. The number of halogens is 2. The summed E-state index contributed by atoms with van der Waals surface area (Å²) in [4.78, 5) is 1.03. The highest BCUT2D eigenvalue weighted by Crippen LogP contribution is 2.26. The van der Waals surface area contributed by atoms with Crippen LogP contribution in [-0.4, -0.2) is 11.0 Å². The lowest BCUT2D eigenvalue weighted by Crippen LogP contribution is -2.15. The summed E-state index contributed by atoms with van der Waals surface area (Å²) in [5, 5.41) is 12.3. The van der Waals surface area contributed by atoms with Gasteiger partial charge in [-0.1, -0.05) is 22.8 Å². The van der Waals surface area contributed by atoms with E-state index in [0.29, 0.717) is 16.3 Å². The van der Waals surface area contributed by atoms with Gasteiger partial charge in [0.25, 0.3) is 0 Å². The highest BCUT2D eigenvalue weighted by Gasteiger charge is 2.09. The van der Waals surface area contributed by atoms with Gasteiger partial charge in [-0.05, 0) is 42.0 Å². The number of hydrogen-bond acceptors (Lipinski definition) is 3. The Kier molecular flexibility index (Phi) is 4.87. The zero-order valence-electron chi connectivity index (χ0n) is 10.4. The first-order valence-electron chi connectivity index (χ1n) is 5.75. The van der Waals surface area contributed by atoms with Gasteiger partial charge in [-0.3, -0.25) is 0 Å². The predicted octanol–water partition coefficient (Wildman–Crippen LogP) is 3.87. The molecule has 0 bridgehead atoms. The molecule has 2 aromatic carbocycles. The van der Waals surface area contributed by atoms with E-state index < -0.39 is 5.82 Å². The summed E-state index contributed by atoms with van der Waals surface area (Å²) >= 11 is 7.38. The molecule has 20 heavy (non-hydrogen) atoms. The molecule has 0 aliphatic heterocycles. The molecule has 0 aliphatic carbocycles. The summed E-state index contributed by atoms with van der Waals surface area (Å²) < 4.78 is 13.2. The average molecular weight is 311 g/mol. The van der Waals surface area contributed by atoms with Crippen LogP contribution in [-0.2, 0) is 5.75 Å². The number of nitrogens with zero attached hydrogens (tertiary/aromatic N) is 1. The first-order chi connectivity index (χ1) is 9.60. The minimum Gasteiger partial charge on any atom is -0.409 e. The van der Waals surface area contributed by atoms with Crippen molar-refractivity contribution < 1.29 is 9.60 Å². The van der Waals surface area contributed by atoms with E-state index in [1.165, 1.54) is 12.1 Å². The fourth-order valence-electron chi connectivity index (χ4n) is 1.66. The number of benzene rings is 2. The Bertz CT molecular complexity index is 632. The van der Waals surface area contributed by atoms with Gasteiger partial charge >= 0.3 is 0 Å². The lowest BCUT2D eigenvalue weighted by molar-refractivity contribution is 0.318. The van der Waals surface area contributed by atoms with Crippen molar-refractivity contribution in [3.8, 4) is 0 Å². The van der Waals surface area contributed by atoms with Crippen molar-refractivity contribution in [3.63, 3.8) is 0 Å². The largest absolute Gasteiger partial charge is 0.409 e. The number of rotatable bonds is 4. The third-order valence-corrected chi connectivity index (χ3v) is 3.98. The second-order valence-electron chi connectivity index (χ2n) is 4.03. The molecule has 3 N–H and O–H groups in total. The minimum atomic E-state index is -0.424. The van der Waals surface area contributed by atoms with Crippen molar-refractivity contribution in [1.82, 2.24) is 0 Å². The maximum Gasteiger partial charge on any atom is 0.170 e. The van der Waals surface area contributed by atoms with Crippen molar-refractivity contribution in [2.24, 2.45) is 10.9 Å². The quantitative estimate of drug-likeness (QED) is 0.296. The molecular weight excluding hydrogens is 299 g/mol. The van der Waals surface area contributed by atoms with Crippen molar-refractivity contribution in [2.45, 2.75) is 10.6 Å². The Morgan fingerprint density at radius 3 is 2.60 bits per heavy atom. The van der Waals surface area contributed by atoms with E-state index >= 15 is 0 Å². The molecule has 0 aliphatic rings. The van der Waals surface area contributed by atoms with E-state index in [1.807, 2.05) is 12.1 Å². The standard InChI is InChI=1S/C14H12ClFN2OS/c15-10-2-5-12(6-3-10)20-8-9-1-4-11(16)7-13(9)14(17)18-19/h1-7,19H,8H2,(H2,17,18). The average Bonchev–Trinajstić information content (AvgIpc) is 2.46. The number of thioether (sulfide) groups is 1. The van der Waals surface area contributed by atoms with Crippen LogP contribution < -0.4 is 5.73 Å². The van der Waals surface area contributed by atoms with Crippen LogP contribution in [0.1, 0.15) is 11.1 Å². The van der Waals surface area contributed by atoms with E-state index in [1.54, 1.807) is 30.0 Å². The highest BCUT2D eigenvalue weighted by atomic mass is 35.5. The molecule has 104 valence electrons. The van der Waals surface area contributed by atoms with E-state index in [2.05, 4.69) is 5.16 Å². The molecule has 6 heteroatoms. The molecule has 0 spiro atoms. The van der Waals surface area contributed by atoms with Crippen molar-refractivity contribution in [2.75, 3.05) is 0 Å². The summed E-state index contributed by atoms with van der Waals surface area (Å²) in [7, 11) is 0. The molecule has 0 amide bonds. The fourth-order valence-corrected chi connectivity index (χ4v) is 2.69. The molecule has 0 atom stereocenters. The molecule has 0 unspecified atom stereocenters. The monoisotopic (exact) mass is 310 g/mol. The van der Waals surface area contributed by atoms with E-state index in [9.17, 15) is 4.39 Å². The van der Waals surface area contributed by atoms with Crippen LogP contribution in [0, 0.1) is 5.82 Å². The predicted molar refractivity (Wildman–Crippen MR) is 79.9 cm³/mol. The molecule has 0 saturated heterocycles. The molecule has 2 rings (SSSR count). The summed E-state index contributed by atoms with van der Waals surface area (Å²) in [5.74, 6) is 0.0519. The van der Waals surface area contributed by atoms with Crippen LogP contribution in [0.3, 0.4) is 0 Å². The van der Waals surface area contributed by atoms with Gasteiger partial charge < -0.3 is 10.9 Å². The van der Waals surface area contributed by atoms with Crippen LogP contribution in [0.25, 0.3) is 0 Å². The smallest absolute Gasteiger partial charge is 0.170 e. The molecule has 0 saturated carbocycles. The molecule has 0 heterocycles. The van der Waals surface area contributed by atoms with Gasteiger partial charge in [-0.25, -0.2) is 4.39 Å². The first kappa shape index (κ1) is 14.7. The first-order valence-corrected chi connectivity index (χ1v) is 7.11. The van der Waals surface area contributed by atoms with Gasteiger partial charge in [0.05, 0.1) is 0 Å². The summed E-state index contributed by atoms with van der Waals surface area (Å²) in [6.45, 7) is 0. The third kappa shape index (κ3) is 3.65. The number of oxime groups is 1. The fraction of sp³-hybridized carbons (Fsp3) is 0.0714. The van der Waals surface area contributed by atoms with Gasteiger partial charge in [0.2, 0.25) is 0 Å². The molecule has 0 fully saturated rings. The Labute approximate surface area is 125 Å². The Hall–Kier alpha value is -1.72. The topological polar surface area (TPSA) is 58.6 Å². The second-order valence-corrected chi connectivity index (χ2v) is 5.51. The minimum absolute atomic E-state index is 0.101. The zero-order valence-corrected chi connectivity index (χ0v) is 12.0. The SMILES string of the molecule is NC(=NO)c1cc(F)ccc1CSc1ccc(Cl)cc1. The molecule has 0 aromatic heterocycles. The van der Waals surface area contributed by atoms with Crippen LogP contribution in [0.2, 0.25) is 5.02 Å². The number of nitrogens with two attached hydrogens (primary N) is 1. The lowest BCUT2D eigenvalue weighted by atomic mass is 10.1. The van der Waals surface area contributed by atoms with Gasteiger partial charge in [0.15, 0.2) is 5.84 Å². The van der Waals surface area contributed by atoms with Crippen molar-refractivity contribution in [1.29, 1.82) is 0 Å². The third-order valence-electron chi connectivity index (χ3n) is 2.66. The van der Waals surface area contributed by atoms with Gasteiger partial charge in [-0.2, -0.15) is 0 Å². The Balaban J connectivity index is 2.19. The maximum atomic E-state index is 13.2. The number of hydrogen-bond donors (Lipinski definition) is 2. The lowest BCUT2D eigenvalue weighted by Gasteiger charge is -2.08. The van der Waals surface area contributed by atoms with Crippen molar-refractivity contribution in [3.05, 3.63) is 64.4 Å². The van der Waals surface area contributed by atoms with Crippen LogP contribution in [0.4, 0.5) is 4.39 Å². The normalized spacial score (nSPS) is 11.6. The van der Waals surface area contributed by atoms with E-state index in [-0.39, 0.29) is 5.84 Å². The molecular formula is C14H12ClFN2OS. The molecule has 3 nitrogen and oxygen atoms in total. The van der Waals surface area contributed by atoms with Gasteiger partial charge in [0.1, 0.15) is 5.82 Å². The maximum absolute atomic E-state index is 13.2. The second kappa shape index (κ2) is 6.63. The van der Waals surface area contributed by atoms with E-state index in [4.69, 9.17) is 22.5 Å². The van der Waals surface area contributed by atoms with E-state index in [0.717, 1.165) is 10.5 Å². The Morgan fingerprint density at radius 2 is 1.95 bits per heavy atom. The van der Waals surface area contributed by atoms with Crippen LogP contribution in [0.15, 0.2) is 52.5 Å². The van der Waals surface area contributed by atoms with Crippen LogP contribution >= 0.6 is 23.4 Å². The molecule has 2 aromatic rings. The highest BCUT2D eigenvalue weighted by molar-refractivity contribution is 7.98. The van der Waals surface area contributed by atoms with Crippen molar-refractivity contribution >= 4 is 29.2 Å². The Morgan fingerprint density at radius 1 is 1.25 bits per heavy atom. The summed E-state index contributed by atoms with van der Waals surface area (Å²) in [5.41, 5.74) is 6.75.